The van der Waals surface area contributed by atoms with Gasteiger partial charge in [-0.15, -0.1) is 0 Å². The molecule has 0 aliphatic rings. The molecule has 0 heterocycles. The number of carbonyl (C=O) groups is 4. The number of aliphatic hydroxyl groups excluding tert-OH is 1. The molecule has 0 fully saturated rings. The van der Waals surface area contributed by atoms with Gasteiger partial charge < -0.3 is 33.8 Å². The number of aliphatic hydroxyl groups is 1. The van der Waals surface area contributed by atoms with Gasteiger partial charge in [0.2, 0.25) is 0 Å². The molecule has 73 heavy (non-hydrogen) atoms. The van der Waals surface area contributed by atoms with E-state index in [1.165, 1.54) is 77.0 Å². The van der Waals surface area contributed by atoms with E-state index in [1.54, 1.807) is 0 Å². The smallest absolute Gasteiger partial charge is 0.462 e. The van der Waals surface area contributed by atoms with Crippen molar-refractivity contribution in [2.24, 2.45) is 5.92 Å². The molecule has 0 aromatic rings. The Morgan fingerprint density at radius 2 is 0.630 bits per heavy atom. The van der Waals surface area contributed by atoms with Crippen LogP contribution in [-0.4, -0.2) is 96.7 Å². The summed E-state index contributed by atoms with van der Waals surface area (Å²) in [6.07, 6.45) is 28.7. The Bertz CT molecular complexity index is 1450. The van der Waals surface area contributed by atoms with Gasteiger partial charge >= 0.3 is 39.5 Å². The SMILES string of the molecule is CCCCCCCCCCCC(=O)OC[C@H](COP(=O)(O)OC[C@@H](O)COP(=O)(O)OC[C@@H](COC(=O)CCCCCCC)OC(=O)CCCCCCC)OC(=O)CCCCCCCCCCCCCC(C)C. The van der Waals surface area contributed by atoms with Crippen LogP contribution in [0.3, 0.4) is 0 Å². The molecule has 0 aromatic carbocycles. The lowest BCUT2D eigenvalue weighted by molar-refractivity contribution is -0.161. The van der Waals surface area contributed by atoms with Crippen molar-refractivity contribution in [1.82, 2.24) is 0 Å². The second-order valence-corrected chi connectivity index (χ2v) is 23.0. The normalized spacial score (nSPS) is 14.5. The Hall–Kier alpha value is -1.94. The van der Waals surface area contributed by atoms with Crippen molar-refractivity contribution in [2.45, 2.75) is 278 Å². The second-order valence-electron chi connectivity index (χ2n) is 20.1. The summed E-state index contributed by atoms with van der Waals surface area (Å²) in [5.41, 5.74) is 0. The van der Waals surface area contributed by atoms with Crippen molar-refractivity contribution in [2.75, 3.05) is 39.6 Å². The van der Waals surface area contributed by atoms with Gasteiger partial charge in [-0.2, -0.15) is 0 Å². The molecule has 0 amide bonds. The largest absolute Gasteiger partial charge is 0.472 e. The van der Waals surface area contributed by atoms with E-state index in [-0.39, 0.29) is 25.7 Å². The van der Waals surface area contributed by atoms with E-state index in [1.807, 2.05) is 0 Å². The minimum atomic E-state index is -4.93. The van der Waals surface area contributed by atoms with Gasteiger partial charge in [-0.3, -0.25) is 37.3 Å². The maximum Gasteiger partial charge on any atom is 0.472 e. The average molecular weight is 1090 g/mol. The highest BCUT2D eigenvalue weighted by Crippen LogP contribution is 2.45. The van der Waals surface area contributed by atoms with Gasteiger partial charge in [0.15, 0.2) is 12.2 Å². The van der Waals surface area contributed by atoms with Crippen LogP contribution in [0.2, 0.25) is 0 Å². The predicted octanol–water partition coefficient (Wildman–Crippen LogP) is 13.9. The minimum Gasteiger partial charge on any atom is -0.462 e. The molecule has 3 N–H and O–H groups in total. The lowest BCUT2D eigenvalue weighted by atomic mass is 10.0. The summed E-state index contributed by atoms with van der Waals surface area (Å²) >= 11 is 0. The molecule has 0 aliphatic carbocycles. The van der Waals surface area contributed by atoms with Crippen molar-refractivity contribution < 1.29 is 80.2 Å². The Morgan fingerprint density at radius 1 is 0.370 bits per heavy atom. The molecular weight excluding hydrogens is 983 g/mol. The van der Waals surface area contributed by atoms with Gasteiger partial charge in [-0.05, 0) is 31.6 Å². The third-order valence-corrected chi connectivity index (χ3v) is 14.2. The van der Waals surface area contributed by atoms with Crippen LogP contribution >= 0.6 is 15.6 Å². The Labute approximate surface area is 441 Å². The van der Waals surface area contributed by atoms with Crippen LogP contribution in [0, 0.1) is 5.92 Å². The van der Waals surface area contributed by atoms with Gasteiger partial charge in [0.25, 0.3) is 0 Å². The molecule has 0 radical (unpaired) electrons. The highest BCUT2D eigenvalue weighted by Gasteiger charge is 2.30. The zero-order valence-corrected chi connectivity index (χ0v) is 48.0. The summed E-state index contributed by atoms with van der Waals surface area (Å²) in [7, 11) is -9.85. The van der Waals surface area contributed by atoms with Crippen LogP contribution in [0.1, 0.15) is 259 Å². The average Bonchev–Trinajstić information content (AvgIpc) is 3.35. The van der Waals surface area contributed by atoms with Gasteiger partial charge in [-0.1, -0.05) is 208 Å². The highest BCUT2D eigenvalue weighted by molar-refractivity contribution is 7.47. The first kappa shape index (κ1) is 71.1. The third kappa shape index (κ3) is 49.4. The van der Waals surface area contributed by atoms with E-state index in [4.69, 9.17) is 37.0 Å². The second kappa shape index (κ2) is 48.4. The van der Waals surface area contributed by atoms with E-state index >= 15 is 0 Å². The number of hydrogen-bond acceptors (Lipinski definition) is 15. The fourth-order valence-electron chi connectivity index (χ4n) is 7.81. The van der Waals surface area contributed by atoms with Gasteiger partial charge in [0.1, 0.15) is 19.3 Å². The van der Waals surface area contributed by atoms with Crippen LogP contribution in [0.5, 0.6) is 0 Å². The fourth-order valence-corrected chi connectivity index (χ4v) is 9.39. The molecule has 432 valence electrons. The van der Waals surface area contributed by atoms with Crippen molar-refractivity contribution in [3.8, 4) is 0 Å². The summed E-state index contributed by atoms with van der Waals surface area (Å²) in [4.78, 5) is 71.2. The fraction of sp³-hybridized carbons (Fsp3) is 0.926. The van der Waals surface area contributed by atoms with Crippen molar-refractivity contribution in [3.63, 3.8) is 0 Å². The van der Waals surface area contributed by atoms with E-state index in [9.17, 15) is 43.2 Å². The van der Waals surface area contributed by atoms with Crippen LogP contribution < -0.4 is 0 Å². The van der Waals surface area contributed by atoms with Crippen molar-refractivity contribution >= 4 is 39.5 Å². The van der Waals surface area contributed by atoms with Crippen LogP contribution in [0.15, 0.2) is 0 Å². The van der Waals surface area contributed by atoms with Crippen LogP contribution in [-0.2, 0) is 65.4 Å². The Morgan fingerprint density at radius 3 is 0.932 bits per heavy atom. The first-order valence-corrected chi connectivity index (χ1v) is 31.6. The topological polar surface area (TPSA) is 237 Å². The predicted molar refractivity (Wildman–Crippen MR) is 285 cm³/mol. The molecule has 2 unspecified atom stereocenters. The standard InChI is InChI=1S/C54H104O17P2/c1-6-9-12-15-16-20-24-29-33-38-52(57)65-44-50(71-54(59)40-35-30-25-22-19-17-18-21-23-28-31-36-47(4)5)46-69-73(62,63)67-42-48(55)41-66-72(60,61)68-45-49(70-53(58)39-34-27-14-11-8-3)43-64-51(56)37-32-26-13-10-7-2/h47-50,55H,6-46H2,1-5H3,(H,60,61)(H,62,63)/t48-,49+,50+/m0/s1. The van der Waals surface area contributed by atoms with Crippen molar-refractivity contribution in [1.29, 1.82) is 0 Å². The quantitative estimate of drug-likeness (QED) is 0.0222. The zero-order valence-electron chi connectivity index (χ0n) is 46.3. The first-order chi connectivity index (χ1) is 35.0. The molecule has 5 atom stereocenters. The molecule has 0 rings (SSSR count). The minimum absolute atomic E-state index is 0.0986. The summed E-state index contributed by atoms with van der Waals surface area (Å²) in [6, 6.07) is 0. The number of carbonyl (C=O) groups excluding carboxylic acids is 4. The van der Waals surface area contributed by atoms with Crippen LogP contribution in [0.25, 0.3) is 0 Å². The molecular formula is C54H104O17P2. The third-order valence-electron chi connectivity index (χ3n) is 12.3. The number of unbranched alkanes of at least 4 members (excludes halogenated alkanes) is 26. The molecule has 0 bridgehead atoms. The molecule has 0 spiro atoms. The molecule has 0 aliphatic heterocycles. The molecule has 17 nitrogen and oxygen atoms in total. The number of esters is 4. The van der Waals surface area contributed by atoms with E-state index < -0.39 is 97.5 Å². The molecule has 0 aromatic heterocycles. The maximum absolute atomic E-state index is 12.9. The highest BCUT2D eigenvalue weighted by atomic mass is 31.2. The first-order valence-electron chi connectivity index (χ1n) is 28.6. The van der Waals surface area contributed by atoms with Gasteiger partial charge in [0.05, 0.1) is 26.4 Å². The number of phosphoric ester groups is 2. The molecule has 0 saturated carbocycles. The van der Waals surface area contributed by atoms with E-state index in [0.29, 0.717) is 25.7 Å². The zero-order chi connectivity index (χ0) is 54.3. The summed E-state index contributed by atoms with van der Waals surface area (Å²) in [6.45, 7) is 6.92. The van der Waals surface area contributed by atoms with Crippen molar-refractivity contribution in [3.05, 3.63) is 0 Å². The van der Waals surface area contributed by atoms with Gasteiger partial charge in [-0.25, -0.2) is 9.13 Å². The van der Waals surface area contributed by atoms with E-state index in [2.05, 4.69) is 34.6 Å². The summed E-state index contributed by atoms with van der Waals surface area (Å²) in [5, 5.41) is 10.4. The Balaban J connectivity index is 5.13. The number of ether oxygens (including phenoxy) is 4. The van der Waals surface area contributed by atoms with E-state index in [0.717, 1.165) is 102 Å². The monoisotopic (exact) mass is 1090 g/mol. The number of hydrogen-bond donors (Lipinski definition) is 3. The lowest BCUT2D eigenvalue weighted by Gasteiger charge is -2.21. The van der Waals surface area contributed by atoms with Gasteiger partial charge in [0, 0.05) is 25.7 Å². The molecule has 19 heteroatoms. The summed E-state index contributed by atoms with van der Waals surface area (Å²) < 4.78 is 67.1. The number of rotatable bonds is 54. The summed E-state index contributed by atoms with van der Waals surface area (Å²) in [5.74, 6) is -1.41. The molecule has 0 saturated heterocycles. The maximum atomic E-state index is 12.9. The Kier molecular flexibility index (Phi) is 47.1. The number of phosphoric acid groups is 2. The lowest BCUT2D eigenvalue weighted by Crippen LogP contribution is -2.30. The van der Waals surface area contributed by atoms with Crippen LogP contribution in [0.4, 0.5) is 0 Å².